The molecular weight excluding hydrogens is 1280 g/mol. The Bertz CT molecular complexity index is 7090. The van der Waals surface area contributed by atoms with Crippen molar-refractivity contribution in [3.05, 3.63) is 339 Å². The Morgan fingerprint density at radius 3 is 1.17 bits per heavy atom. The van der Waals surface area contributed by atoms with Crippen LogP contribution in [0.3, 0.4) is 0 Å². The molecule has 21 aromatic rings. The zero-order chi connectivity index (χ0) is 67.8. The maximum absolute atomic E-state index is 9.89. The van der Waals surface area contributed by atoms with E-state index in [-0.39, 0.29) is 0 Å². The molecule has 0 spiro atoms. The van der Waals surface area contributed by atoms with Crippen LogP contribution in [0.1, 0.15) is 0 Å². The van der Waals surface area contributed by atoms with Crippen LogP contribution >= 0.6 is 11.3 Å². The summed E-state index contributed by atoms with van der Waals surface area (Å²) in [4.78, 5) is 21.4. The molecular formula is C94H54N6O2S. The summed E-state index contributed by atoms with van der Waals surface area (Å²) in [6.45, 7) is 9.89. The third-order valence-corrected chi connectivity index (χ3v) is 21.7. The van der Waals surface area contributed by atoms with Gasteiger partial charge in [-0.05, 0) is 141 Å². The van der Waals surface area contributed by atoms with Crippen LogP contribution in [0.5, 0.6) is 0 Å². The average Bonchev–Trinajstić information content (AvgIpc) is 1.56. The second-order valence-electron chi connectivity index (χ2n) is 26.4. The molecule has 0 aliphatic rings. The Morgan fingerprint density at radius 1 is 0.282 bits per heavy atom. The zero-order valence-corrected chi connectivity index (χ0v) is 55.9. The van der Waals surface area contributed by atoms with Crippen LogP contribution in [0.15, 0.2) is 336 Å². The van der Waals surface area contributed by atoms with Crippen LogP contribution in [-0.2, 0) is 0 Å². The number of benzene rings is 15. The van der Waals surface area contributed by atoms with E-state index in [1.54, 1.807) is 11.3 Å². The van der Waals surface area contributed by atoms with Crippen LogP contribution in [0.25, 0.3) is 214 Å². The standard InChI is InChI=1S/C94H54N6O2S/c1-95-76-55-75(94-97-92(61-32-18-7-19-33-61)96-93(98-94)66-36-41-68-67-34-20-21-35-83(67)103-84(68)54-66)85(60-30-16-6-17-31-60)89(100-78-45-38-63(57-24-10-3-11-25-57)53-74(78)87-80(100)47-43-70-72-51-65(59-28-14-5-15-29-59)40-49-82(72)102-91(70)87)88(76)99-77-44-37-62(56-22-8-2-9-23-56)52-73(77)86-79(99)46-42-69-71-50-64(58-26-12-4-13-27-58)39-48-81(71)101-90(69)86/h2-55H. The van der Waals surface area contributed by atoms with Gasteiger partial charge in [-0.1, -0.05) is 237 Å². The molecule has 478 valence electrons. The smallest absolute Gasteiger partial charge is 0.213 e. The highest BCUT2D eigenvalue weighted by Crippen LogP contribution is 2.53. The summed E-state index contributed by atoms with van der Waals surface area (Å²) in [5, 5.41) is 10.2. The first-order chi connectivity index (χ1) is 51.0. The summed E-state index contributed by atoms with van der Waals surface area (Å²) in [6.07, 6.45) is 0. The molecule has 21 rings (SSSR count). The number of fused-ring (bicyclic) bond motifs is 17. The van der Waals surface area contributed by atoms with Crippen LogP contribution in [0.4, 0.5) is 5.69 Å². The van der Waals surface area contributed by atoms with Crippen LogP contribution in [-0.4, -0.2) is 24.1 Å². The minimum atomic E-state index is 0.372. The minimum Gasteiger partial charge on any atom is -0.455 e. The van der Waals surface area contributed by atoms with E-state index in [9.17, 15) is 6.57 Å². The van der Waals surface area contributed by atoms with Crippen LogP contribution in [0, 0.1) is 6.57 Å². The first-order valence-corrected chi connectivity index (χ1v) is 35.3. The largest absolute Gasteiger partial charge is 0.455 e. The molecule has 0 bridgehead atoms. The van der Waals surface area contributed by atoms with Crippen molar-refractivity contribution in [1.82, 2.24) is 24.1 Å². The van der Waals surface area contributed by atoms with Gasteiger partial charge in [0.1, 0.15) is 22.3 Å². The molecule has 6 aromatic heterocycles. The van der Waals surface area contributed by atoms with E-state index in [0.29, 0.717) is 34.4 Å². The first kappa shape index (κ1) is 58.2. The summed E-state index contributed by atoms with van der Waals surface area (Å²) in [6, 6.07) is 115. The Morgan fingerprint density at radius 2 is 0.670 bits per heavy atom. The number of thiophene rings is 1. The quantitative estimate of drug-likeness (QED) is 0.128. The molecule has 0 unspecified atom stereocenters. The predicted octanol–water partition coefficient (Wildman–Crippen LogP) is 26.1. The molecule has 0 radical (unpaired) electrons. The van der Waals surface area contributed by atoms with Crippen LogP contribution in [0.2, 0.25) is 0 Å². The molecule has 0 saturated carbocycles. The Balaban J connectivity index is 0.932. The van der Waals surface area contributed by atoms with E-state index in [4.69, 9.17) is 28.6 Å². The second-order valence-corrected chi connectivity index (χ2v) is 27.5. The fraction of sp³-hybridized carbons (Fsp3) is 0. The van der Waals surface area contributed by atoms with Gasteiger partial charge in [0, 0.05) is 74.7 Å². The summed E-state index contributed by atoms with van der Waals surface area (Å²) >= 11 is 1.76. The van der Waals surface area contributed by atoms with Crippen molar-refractivity contribution >= 4 is 125 Å². The van der Waals surface area contributed by atoms with Crippen molar-refractivity contribution in [2.75, 3.05) is 0 Å². The van der Waals surface area contributed by atoms with E-state index in [1.807, 2.05) is 36.4 Å². The molecule has 0 amide bonds. The van der Waals surface area contributed by atoms with Gasteiger partial charge in [-0.25, -0.2) is 19.8 Å². The third kappa shape index (κ3) is 9.25. The fourth-order valence-electron chi connectivity index (χ4n) is 15.8. The van der Waals surface area contributed by atoms with E-state index in [0.717, 1.165) is 165 Å². The maximum Gasteiger partial charge on any atom is 0.213 e. The molecule has 6 heterocycles. The van der Waals surface area contributed by atoms with Gasteiger partial charge in [-0.2, -0.15) is 0 Å². The lowest BCUT2D eigenvalue weighted by Crippen LogP contribution is -2.09. The Hall–Kier alpha value is -13.8. The van der Waals surface area contributed by atoms with E-state index >= 15 is 0 Å². The topological polar surface area (TPSA) is 79.2 Å². The molecule has 0 saturated heterocycles. The highest BCUT2D eigenvalue weighted by atomic mass is 32.1. The van der Waals surface area contributed by atoms with Gasteiger partial charge in [-0.15, -0.1) is 11.3 Å². The van der Waals surface area contributed by atoms with Crippen molar-refractivity contribution < 1.29 is 8.83 Å². The summed E-state index contributed by atoms with van der Waals surface area (Å²) in [7, 11) is 0. The average molecular weight is 1330 g/mol. The SMILES string of the molecule is [C-]#[N+]c1cc(-c2nc(-c3ccccc3)nc(-c3ccc4c(c3)sc3ccccc34)n2)c(-c2ccccc2)c(-n2c3ccc(-c4ccccc4)cc3c3c4oc5ccc(-c6ccccc6)cc5c4ccc32)c1-n1c2ccc(-c3ccccc3)cc2c2c3oc4ccc(-c5ccccc5)cc4c3ccc21. The van der Waals surface area contributed by atoms with Crippen molar-refractivity contribution in [3.8, 4) is 101 Å². The summed E-state index contributed by atoms with van der Waals surface area (Å²) < 4.78 is 21.7. The maximum atomic E-state index is 9.89. The van der Waals surface area contributed by atoms with Gasteiger partial charge in [0.05, 0.1) is 50.8 Å². The normalized spacial score (nSPS) is 11.9. The van der Waals surface area contributed by atoms with E-state index in [1.165, 1.54) is 15.5 Å². The van der Waals surface area contributed by atoms with Crippen molar-refractivity contribution in [2.45, 2.75) is 0 Å². The lowest BCUT2D eigenvalue weighted by molar-refractivity contribution is 0.672. The van der Waals surface area contributed by atoms with Crippen molar-refractivity contribution in [3.63, 3.8) is 0 Å². The molecule has 0 aliphatic carbocycles. The number of furan rings is 2. The summed E-state index contributed by atoms with van der Waals surface area (Å²) in [5.74, 6) is 1.42. The molecule has 8 nitrogen and oxygen atoms in total. The lowest BCUT2D eigenvalue weighted by atomic mass is 9.93. The minimum absolute atomic E-state index is 0.372. The molecule has 0 fully saturated rings. The number of aromatic nitrogens is 5. The van der Waals surface area contributed by atoms with Gasteiger partial charge in [-0.3, -0.25) is 0 Å². The molecule has 0 N–H and O–H groups in total. The third-order valence-electron chi connectivity index (χ3n) is 20.6. The highest BCUT2D eigenvalue weighted by molar-refractivity contribution is 7.25. The molecule has 0 aliphatic heterocycles. The molecule has 15 aromatic carbocycles. The number of hydrogen-bond acceptors (Lipinski definition) is 6. The molecule has 0 atom stereocenters. The van der Waals surface area contributed by atoms with Gasteiger partial charge in [0.15, 0.2) is 17.5 Å². The molecule has 9 heteroatoms. The number of rotatable bonds is 10. The van der Waals surface area contributed by atoms with Gasteiger partial charge in [0.2, 0.25) is 5.69 Å². The number of nitrogens with zero attached hydrogens (tertiary/aromatic N) is 6. The Kier molecular flexibility index (Phi) is 13.1. The van der Waals surface area contributed by atoms with Crippen LogP contribution < -0.4 is 0 Å². The van der Waals surface area contributed by atoms with Gasteiger partial charge < -0.3 is 18.0 Å². The Labute approximate surface area is 594 Å². The van der Waals surface area contributed by atoms with Gasteiger partial charge >= 0.3 is 0 Å². The lowest BCUT2D eigenvalue weighted by Gasteiger charge is -2.25. The highest BCUT2D eigenvalue weighted by Gasteiger charge is 2.32. The van der Waals surface area contributed by atoms with Crippen molar-refractivity contribution in [2.24, 2.45) is 0 Å². The fourth-order valence-corrected chi connectivity index (χ4v) is 17.0. The molecule has 103 heavy (non-hydrogen) atoms. The monoisotopic (exact) mass is 1330 g/mol. The first-order valence-electron chi connectivity index (χ1n) is 34.5. The van der Waals surface area contributed by atoms with E-state index < -0.39 is 0 Å². The zero-order valence-electron chi connectivity index (χ0n) is 55.1. The van der Waals surface area contributed by atoms with E-state index in [2.05, 4.69) is 300 Å². The second kappa shape index (κ2) is 23.2. The van der Waals surface area contributed by atoms with Gasteiger partial charge in [0.25, 0.3) is 0 Å². The number of hydrogen-bond donors (Lipinski definition) is 0. The van der Waals surface area contributed by atoms with Crippen molar-refractivity contribution in [1.29, 1.82) is 0 Å². The summed E-state index contributed by atoms with van der Waals surface area (Å²) in [5.41, 5.74) is 21.1. The predicted molar refractivity (Wildman–Crippen MR) is 426 cm³/mol.